The lowest BCUT2D eigenvalue weighted by molar-refractivity contribution is -0.122. The zero-order valence-electron chi connectivity index (χ0n) is 16.3. The van der Waals surface area contributed by atoms with E-state index in [-0.39, 0.29) is 25.2 Å². The maximum atomic E-state index is 12.0. The first-order chi connectivity index (χ1) is 14.7. The summed E-state index contributed by atoms with van der Waals surface area (Å²) in [6.45, 7) is 1.11. The van der Waals surface area contributed by atoms with Crippen molar-refractivity contribution < 1.29 is 19.1 Å². The highest BCUT2D eigenvalue weighted by atomic mass is 16.6. The van der Waals surface area contributed by atoms with Crippen molar-refractivity contribution in [3.05, 3.63) is 72.3 Å². The number of amides is 2. The van der Waals surface area contributed by atoms with E-state index in [1.54, 1.807) is 4.90 Å². The molecule has 4 rings (SSSR count). The summed E-state index contributed by atoms with van der Waals surface area (Å²) in [6, 6.07) is 21.0. The van der Waals surface area contributed by atoms with Crippen LogP contribution in [0.15, 0.2) is 66.7 Å². The van der Waals surface area contributed by atoms with Crippen molar-refractivity contribution >= 4 is 28.5 Å². The molecule has 3 aromatic rings. The number of benzene rings is 3. The summed E-state index contributed by atoms with van der Waals surface area (Å²) in [4.78, 5) is 25.1. The number of nitrogens with zero attached hydrogens (tertiary/aromatic N) is 1. The van der Waals surface area contributed by atoms with Crippen LogP contribution in [0, 0.1) is 11.8 Å². The Hall–Kier alpha value is -3.98. The first-order valence-electron chi connectivity index (χ1n) is 9.60. The van der Waals surface area contributed by atoms with Crippen molar-refractivity contribution in [2.24, 2.45) is 0 Å². The number of cyclic esters (lactones) is 1. The van der Waals surface area contributed by atoms with Crippen LogP contribution in [-0.4, -0.2) is 38.3 Å². The standard InChI is InChI=1S/C24H20N2O4/c27-23(17-30-22-12-9-19-5-1-2-6-20(19)16-22)25-13-3-4-18-7-10-21(11-8-18)26-14-15-29-24(26)28/h1-2,5-12,16H,13-15,17H2,(H,25,27). The number of hydrogen-bond donors (Lipinski definition) is 1. The molecule has 1 N–H and O–H groups in total. The number of hydrogen-bond acceptors (Lipinski definition) is 4. The third-order valence-electron chi connectivity index (χ3n) is 4.64. The normalized spacial score (nSPS) is 12.8. The van der Waals surface area contributed by atoms with Gasteiger partial charge in [0, 0.05) is 11.3 Å². The van der Waals surface area contributed by atoms with Crippen LogP contribution in [0.5, 0.6) is 5.75 Å². The molecule has 1 fully saturated rings. The van der Waals surface area contributed by atoms with Crippen LogP contribution in [0.2, 0.25) is 0 Å². The Balaban J connectivity index is 1.23. The van der Waals surface area contributed by atoms with Crippen LogP contribution in [-0.2, 0) is 9.53 Å². The number of fused-ring (bicyclic) bond motifs is 1. The first kappa shape index (κ1) is 19.3. The Labute approximate surface area is 174 Å². The fraction of sp³-hybridized carbons (Fsp3) is 0.167. The van der Waals surface area contributed by atoms with Crippen LogP contribution in [0.1, 0.15) is 5.56 Å². The van der Waals surface area contributed by atoms with Gasteiger partial charge in [0.15, 0.2) is 6.61 Å². The minimum absolute atomic E-state index is 0.0688. The van der Waals surface area contributed by atoms with E-state index >= 15 is 0 Å². The fourth-order valence-corrected chi connectivity index (χ4v) is 3.10. The molecular weight excluding hydrogens is 380 g/mol. The Bertz CT molecular complexity index is 1130. The molecule has 150 valence electrons. The molecule has 0 spiro atoms. The van der Waals surface area contributed by atoms with Gasteiger partial charge in [-0.05, 0) is 47.2 Å². The number of carbonyl (C=O) groups excluding carboxylic acids is 2. The smallest absolute Gasteiger partial charge is 0.414 e. The van der Waals surface area contributed by atoms with E-state index in [0.29, 0.717) is 18.9 Å². The van der Waals surface area contributed by atoms with E-state index in [0.717, 1.165) is 22.0 Å². The monoisotopic (exact) mass is 400 g/mol. The summed E-state index contributed by atoms with van der Waals surface area (Å²) in [7, 11) is 0. The number of anilines is 1. The molecule has 0 unspecified atom stereocenters. The van der Waals surface area contributed by atoms with Crippen LogP contribution >= 0.6 is 0 Å². The largest absolute Gasteiger partial charge is 0.484 e. The average molecular weight is 400 g/mol. The molecule has 1 aliphatic heterocycles. The van der Waals surface area contributed by atoms with Gasteiger partial charge < -0.3 is 14.8 Å². The quantitative estimate of drug-likeness (QED) is 0.667. The lowest BCUT2D eigenvalue weighted by Gasteiger charge is -2.11. The zero-order valence-corrected chi connectivity index (χ0v) is 16.3. The van der Waals surface area contributed by atoms with Gasteiger partial charge in [-0.3, -0.25) is 9.69 Å². The third-order valence-corrected chi connectivity index (χ3v) is 4.64. The summed E-state index contributed by atoms with van der Waals surface area (Å²) < 4.78 is 10.5. The van der Waals surface area contributed by atoms with Crippen molar-refractivity contribution in [2.75, 3.05) is 31.2 Å². The molecule has 0 radical (unpaired) electrons. The highest BCUT2D eigenvalue weighted by Gasteiger charge is 2.23. The van der Waals surface area contributed by atoms with Gasteiger partial charge in [0.2, 0.25) is 0 Å². The molecule has 0 aliphatic carbocycles. The summed E-state index contributed by atoms with van der Waals surface area (Å²) in [5, 5.41) is 4.90. The average Bonchev–Trinajstić information content (AvgIpc) is 3.21. The van der Waals surface area contributed by atoms with Gasteiger partial charge in [-0.2, -0.15) is 0 Å². The van der Waals surface area contributed by atoms with Crippen LogP contribution < -0.4 is 15.0 Å². The molecule has 30 heavy (non-hydrogen) atoms. The van der Waals surface area contributed by atoms with Gasteiger partial charge >= 0.3 is 6.09 Å². The van der Waals surface area contributed by atoms with Crippen molar-refractivity contribution in [1.82, 2.24) is 5.32 Å². The Morgan fingerprint density at radius 3 is 2.63 bits per heavy atom. The highest BCUT2D eigenvalue weighted by Crippen LogP contribution is 2.20. The first-order valence-corrected chi connectivity index (χ1v) is 9.60. The minimum Gasteiger partial charge on any atom is -0.484 e. The van der Waals surface area contributed by atoms with E-state index in [9.17, 15) is 9.59 Å². The van der Waals surface area contributed by atoms with Gasteiger partial charge in [0.1, 0.15) is 12.4 Å². The van der Waals surface area contributed by atoms with Gasteiger partial charge in [-0.25, -0.2) is 4.79 Å². The lowest BCUT2D eigenvalue weighted by atomic mass is 10.1. The zero-order chi connectivity index (χ0) is 20.8. The molecule has 0 aromatic heterocycles. The van der Waals surface area contributed by atoms with Crippen molar-refractivity contribution in [3.8, 4) is 17.6 Å². The third kappa shape index (κ3) is 4.70. The molecule has 0 saturated carbocycles. The van der Waals surface area contributed by atoms with Gasteiger partial charge in [0.25, 0.3) is 5.91 Å². The summed E-state index contributed by atoms with van der Waals surface area (Å²) in [5.74, 6) is 6.31. The second-order valence-electron chi connectivity index (χ2n) is 6.69. The lowest BCUT2D eigenvalue weighted by Crippen LogP contribution is -2.29. The second kappa shape index (κ2) is 9.01. The van der Waals surface area contributed by atoms with Gasteiger partial charge in [0.05, 0.1) is 13.1 Å². The Morgan fingerprint density at radius 1 is 1.07 bits per heavy atom. The predicted molar refractivity (Wildman–Crippen MR) is 114 cm³/mol. The van der Waals surface area contributed by atoms with E-state index in [2.05, 4.69) is 17.2 Å². The van der Waals surface area contributed by atoms with Crippen LogP contribution in [0.25, 0.3) is 10.8 Å². The van der Waals surface area contributed by atoms with Crippen LogP contribution in [0.3, 0.4) is 0 Å². The molecule has 6 heteroatoms. The maximum Gasteiger partial charge on any atom is 0.414 e. The van der Waals surface area contributed by atoms with E-state index in [4.69, 9.17) is 9.47 Å². The molecule has 1 aliphatic rings. The molecule has 0 bridgehead atoms. The maximum absolute atomic E-state index is 12.0. The fourth-order valence-electron chi connectivity index (χ4n) is 3.10. The van der Waals surface area contributed by atoms with E-state index in [1.165, 1.54) is 0 Å². The van der Waals surface area contributed by atoms with E-state index < -0.39 is 0 Å². The highest BCUT2D eigenvalue weighted by molar-refractivity contribution is 5.89. The predicted octanol–water partition coefficient (Wildman–Crippen LogP) is 3.34. The molecule has 3 aromatic carbocycles. The summed E-state index contributed by atoms with van der Waals surface area (Å²) in [6.07, 6.45) is -0.331. The molecular formula is C24H20N2O4. The Morgan fingerprint density at radius 2 is 1.87 bits per heavy atom. The van der Waals surface area contributed by atoms with Crippen LogP contribution in [0.4, 0.5) is 10.5 Å². The summed E-state index contributed by atoms with van der Waals surface area (Å²) in [5.41, 5.74) is 1.58. The number of rotatable bonds is 5. The number of ether oxygens (including phenoxy) is 2. The second-order valence-corrected chi connectivity index (χ2v) is 6.69. The molecule has 0 atom stereocenters. The number of nitrogens with one attached hydrogen (secondary N) is 1. The molecule has 2 amide bonds. The Kier molecular flexibility index (Phi) is 5.81. The summed E-state index contributed by atoms with van der Waals surface area (Å²) >= 11 is 0. The molecule has 6 nitrogen and oxygen atoms in total. The molecule has 1 saturated heterocycles. The van der Waals surface area contributed by atoms with Gasteiger partial charge in [-0.15, -0.1) is 0 Å². The minimum atomic E-state index is -0.331. The van der Waals surface area contributed by atoms with E-state index in [1.807, 2.05) is 66.7 Å². The SMILES string of the molecule is O=C(COc1ccc2ccccc2c1)NCC#Cc1ccc(N2CCOC2=O)cc1. The molecule has 1 heterocycles. The number of carbonyl (C=O) groups is 2. The topological polar surface area (TPSA) is 67.9 Å². The van der Waals surface area contributed by atoms with Gasteiger partial charge in [-0.1, -0.05) is 42.2 Å². The van der Waals surface area contributed by atoms with Crippen molar-refractivity contribution in [2.45, 2.75) is 0 Å². The van der Waals surface area contributed by atoms with Crippen molar-refractivity contribution in [1.29, 1.82) is 0 Å². The van der Waals surface area contributed by atoms with Crippen molar-refractivity contribution in [3.63, 3.8) is 0 Å².